The second-order valence-corrected chi connectivity index (χ2v) is 20.5. The highest BCUT2D eigenvalue weighted by molar-refractivity contribution is 7.48. The summed E-state index contributed by atoms with van der Waals surface area (Å²) in [7, 11) is -1.00. The minimum Gasteiger partial charge on any atom is -0.455 e. The fraction of sp³-hybridized carbons (Fsp3) is 0.460. The van der Waals surface area contributed by atoms with Gasteiger partial charge in [-0.15, -0.1) is 4.52 Å². The molecule has 0 fully saturated rings. The van der Waals surface area contributed by atoms with Crippen LogP contribution >= 0.6 is 19.6 Å². The molecule has 2 amide bonds. The number of amides is 2. The zero-order valence-corrected chi connectivity index (χ0v) is 41.2. The Morgan fingerprint density at radius 1 is 0.783 bits per heavy atom. The van der Waals surface area contributed by atoms with Crippen molar-refractivity contribution in [2.24, 2.45) is 10.8 Å². The molecule has 2 aliphatic rings. The highest BCUT2D eigenvalue weighted by Gasteiger charge is 2.56. The van der Waals surface area contributed by atoms with Gasteiger partial charge in [0.2, 0.25) is 11.2 Å². The maximum Gasteiger partial charge on any atom is 0.548 e. The molecule has 2 N–H and O–H groups in total. The van der Waals surface area contributed by atoms with Gasteiger partial charge in [0.1, 0.15) is 23.1 Å². The summed E-state index contributed by atoms with van der Waals surface area (Å²) in [5, 5.41) is 5.54. The first-order chi connectivity index (χ1) is 32.5. The van der Waals surface area contributed by atoms with Crippen LogP contribution in [0.15, 0.2) is 54.6 Å². The molecular formula is C50H56ClF3N2O12P+. The summed E-state index contributed by atoms with van der Waals surface area (Å²) < 4.78 is 87.8. The first-order valence-electron chi connectivity index (χ1n) is 22.6. The molecular weight excluding hydrogens is 944 g/mol. The Balaban J connectivity index is 1.48. The molecule has 0 bridgehead atoms. The van der Waals surface area contributed by atoms with Crippen LogP contribution in [0.4, 0.5) is 13.2 Å². The molecule has 2 heterocycles. The third-order valence-corrected chi connectivity index (χ3v) is 12.9. The Kier molecular flexibility index (Phi) is 16.5. The van der Waals surface area contributed by atoms with E-state index in [-0.39, 0.29) is 100 Å². The van der Waals surface area contributed by atoms with Gasteiger partial charge < -0.3 is 34.3 Å². The number of rotatable bonds is 19. The Hall–Kier alpha value is -5.61. The number of nitrogens with one attached hydrogen (secondary N) is 2. The van der Waals surface area contributed by atoms with E-state index in [0.717, 1.165) is 25.7 Å². The Bertz CT molecular complexity index is 2660. The number of methoxy groups -OCH3 is 1. The minimum absolute atomic E-state index is 0.00519. The van der Waals surface area contributed by atoms with Gasteiger partial charge in [-0.1, -0.05) is 48.7 Å². The lowest BCUT2D eigenvalue weighted by molar-refractivity contribution is -0.173. The van der Waals surface area contributed by atoms with Crippen LogP contribution in [0.3, 0.4) is 0 Å². The standard InChI is InChI=1S/C50H55ClF3N2O12P/c1-47(2,3)45(60)66-36-28-37-39(32-17-11-10-16-31(32)36)49(34-27-30(19-20-33(34)43(58)68-49)69(62)64-25-15-13-23-56-44(59)50(52,53)54)35-26-29(18-21-38(57)55-22-12-8-9-14-24-63-7)41(40(51)42(35)65-37)67-46(61)48(4,5)6/h10-11,16-17,19-20,26-28H,8-9,12-15,18,21-25H2,1-7H3,(H-,55,56,57,59)/p+1. The summed E-state index contributed by atoms with van der Waals surface area (Å²) in [6.07, 6.45) is -1.31. The minimum atomic E-state index is -5.02. The maximum absolute atomic E-state index is 14.3. The Labute approximate surface area is 404 Å². The zero-order chi connectivity index (χ0) is 50.5. The van der Waals surface area contributed by atoms with Gasteiger partial charge in [-0.05, 0) is 107 Å². The van der Waals surface area contributed by atoms with Gasteiger partial charge in [0, 0.05) is 61.9 Å². The Morgan fingerprint density at radius 2 is 1.42 bits per heavy atom. The average molecular weight is 1000 g/mol. The van der Waals surface area contributed by atoms with Gasteiger partial charge >= 0.3 is 38.0 Å². The van der Waals surface area contributed by atoms with Crippen LogP contribution in [-0.2, 0) is 49.8 Å². The molecule has 1 spiro atoms. The SMILES string of the molecule is COCCCCCCNC(=O)CCc1cc2c(c(Cl)c1OC(=O)C(C)(C)C)Oc1cc(OC(=O)C(C)(C)C)c3ccccc3c1C21OC(=O)c2ccc([P+](=O)OCCCCNC(=O)C(F)(F)F)cc21. The van der Waals surface area contributed by atoms with Crippen molar-refractivity contribution in [1.29, 1.82) is 0 Å². The summed E-state index contributed by atoms with van der Waals surface area (Å²) >= 11 is 7.32. The van der Waals surface area contributed by atoms with Gasteiger partial charge in [-0.3, -0.25) is 19.2 Å². The van der Waals surface area contributed by atoms with E-state index in [4.69, 9.17) is 39.8 Å². The van der Waals surface area contributed by atoms with Crippen molar-refractivity contribution in [3.05, 3.63) is 87.4 Å². The number of halogens is 4. The molecule has 4 aromatic carbocycles. The van der Waals surface area contributed by atoms with E-state index >= 15 is 0 Å². The molecule has 6 rings (SSSR count). The second-order valence-electron chi connectivity index (χ2n) is 18.8. The van der Waals surface area contributed by atoms with Crippen molar-refractivity contribution in [2.75, 3.05) is 33.4 Å². The first-order valence-corrected chi connectivity index (χ1v) is 24.2. The number of hydrogen-bond acceptors (Lipinski definition) is 12. The largest absolute Gasteiger partial charge is 0.548 e. The second kappa shape index (κ2) is 21.6. The van der Waals surface area contributed by atoms with Gasteiger partial charge in [0.05, 0.1) is 22.0 Å². The van der Waals surface area contributed by atoms with E-state index < -0.39 is 54.5 Å². The van der Waals surface area contributed by atoms with Crippen molar-refractivity contribution >= 4 is 65.4 Å². The van der Waals surface area contributed by atoms with Crippen LogP contribution in [-0.4, -0.2) is 69.3 Å². The number of carbonyl (C=O) groups excluding carboxylic acids is 5. The summed E-state index contributed by atoms with van der Waals surface area (Å²) in [5.41, 5.74) is -2.83. The lowest BCUT2D eigenvalue weighted by Crippen LogP contribution is -2.37. The third-order valence-electron chi connectivity index (χ3n) is 11.4. The molecule has 19 heteroatoms. The molecule has 14 nitrogen and oxygen atoms in total. The number of esters is 3. The van der Waals surface area contributed by atoms with E-state index in [0.29, 0.717) is 29.5 Å². The highest BCUT2D eigenvalue weighted by atomic mass is 35.5. The lowest BCUT2D eigenvalue weighted by atomic mass is 9.75. The molecule has 0 saturated heterocycles. The molecule has 69 heavy (non-hydrogen) atoms. The summed E-state index contributed by atoms with van der Waals surface area (Å²) in [6.45, 7) is 10.8. The molecule has 370 valence electrons. The topological polar surface area (TPSA) is 182 Å². The van der Waals surface area contributed by atoms with Crippen LogP contribution in [0.2, 0.25) is 5.02 Å². The highest BCUT2D eigenvalue weighted by Crippen LogP contribution is 2.62. The molecule has 2 atom stereocenters. The van der Waals surface area contributed by atoms with Crippen molar-refractivity contribution in [2.45, 2.75) is 105 Å². The molecule has 0 aliphatic carbocycles. The maximum atomic E-state index is 14.3. The van der Waals surface area contributed by atoms with E-state index in [9.17, 15) is 41.7 Å². The summed E-state index contributed by atoms with van der Waals surface area (Å²) in [6, 6.07) is 14.4. The van der Waals surface area contributed by atoms with Crippen molar-refractivity contribution < 1.29 is 69.9 Å². The fourth-order valence-corrected chi connectivity index (χ4v) is 8.88. The van der Waals surface area contributed by atoms with Crippen LogP contribution < -0.4 is 30.1 Å². The quantitative estimate of drug-likeness (QED) is 0.0393. The van der Waals surface area contributed by atoms with E-state index in [1.165, 1.54) is 24.3 Å². The van der Waals surface area contributed by atoms with Crippen molar-refractivity contribution in [1.82, 2.24) is 10.6 Å². The smallest absolute Gasteiger partial charge is 0.455 e. The predicted molar refractivity (Wildman–Crippen MR) is 251 cm³/mol. The van der Waals surface area contributed by atoms with Crippen LogP contribution in [0.5, 0.6) is 23.0 Å². The number of alkyl halides is 3. The molecule has 0 aromatic heterocycles. The fourth-order valence-electron chi connectivity index (χ4n) is 7.70. The normalized spacial score (nSPS) is 15.4. The van der Waals surface area contributed by atoms with E-state index in [1.807, 2.05) is 0 Å². The number of fused-ring (bicyclic) bond motifs is 8. The molecule has 0 saturated carbocycles. The van der Waals surface area contributed by atoms with E-state index in [2.05, 4.69) is 5.32 Å². The number of hydrogen-bond donors (Lipinski definition) is 2. The number of ether oxygens (including phenoxy) is 5. The number of carbonyl (C=O) groups is 5. The molecule has 2 unspecified atom stereocenters. The zero-order valence-electron chi connectivity index (χ0n) is 39.5. The summed E-state index contributed by atoms with van der Waals surface area (Å²) in [4.78, 5) is 65.9. The third kappa shape index (κ3) is 11.9. The van der Waals surface area contributed by atoms with Crippen molar-refractivity contribution in [3.63, 3.8) is 0 Å². The first kappa shape index (κ1) is 52.8. The van der Waals surface area contributed by atoms with Gasteiger partial charge in [-0.2, -0.15) is 13.2 Å². The van der Waals surface area contributed by atoms with E-state index in [1.54, 1.807) is 84.3 Å². The predicted octanol–water partition coefficient (Wildman–Crippen LogP) is 10.1. The Morgan fingerprint density at radius 3 is 2.10 bits per heavy atom. The number of unbranched alkanes of at least 4 members (excludes halogenated alkanes) is 4. The van der Waals surface area contributed by atoms with Gasteiger partial charge in [-0.25, -0.2) is 4.79 Å². The van der Waals surface area contributed by atoms with Crippen LogP contribution in [0, 0.1) is 10.8 Å². The lowest BCUT2D eigenvalue weighted by Gasteiger charge is -2.38. The number of aryl methyl sites for hydroxylation is 1. The van der Waals surface area contributed by atoms with Crippen LogP contribution in [0.25, 0.3) is 10.8 Å². The molecule has 0 radical (unpaired) electrons. The number of benzene rings is 4. The average Bonchev–Trinajstić information content (AvgIpc) is 3.57. The monoisotopic (exact) mass is 999 g/mol. The van der Waals surface area contributed by atoms with Crippen LogP contribution in [0.1, 0.15) is 119 Å². The van der Waals surface area contributed by atoms with Gasteiger partial charge in [0.15, 0.2) is 17.1 Å². The summed E-state index contributed by atoms with van der Waals surface area (Å²) in [5.74, 6) is -4.33. The van der Waals surface area contributed by atoms with Crippen molar-refractivity contribution in [3.8, 4) is 23.0 Å². The van der Waals surface area contributed by atoms with Gasteiger partial charge in [0.25, 0.3) is 0 Å². The molecule has 4 aromatic rings. The molecule has 2 aliphatic heterocycles.